The largest absolute Gasteiger partial charge is 0.390 e. The van der Waals surface area contributed by atoms with Crippen LogP contribution in [0, 0.1) is 19.8 Å². The van der Waals surface area contributed by atoms with Crippen molar-refractivity contribution in [3.8, 4) is 0 Å². The Morgan fingerprint density at radius 2 is 2.04 bits per heavy atom. The first-order valence-electron chi connectivity index (χ1n) is 9.14. The Hall–Kier alpha value is -1.03. The Labute approximate surface area is 150 Å². The fourth-order valence-electron chi connectivity index (χ4n) is 4.07. The van der Waals surface area contributed by atoms with E-state index in [1.54, 1.807) is 0 Å². The topological polar surface area (TPSA) is 37.2 Å². The van der Waals surface area contributed by atoms with Crippen LogP contribution in [0.4, 0.5) is 0 Å². The van der Waals surface area contributed by atoms with Gasteiger partial charge in [-0.05, 0) is 44.2 Å². The average Bonchev–Trinajstić information content (AvgIpc) is 2.80. The number of aliphatic hydroxyl groups is 1. The molecule has 132 valence electrons. The standard InChI is InChI=1S/C20H29ClN2O/c1-13-7-4-5-10-19(13)22-11-16(24)12-23-15(3)14(2)17-8-6-9-18(21)20(17)23/h6,8-9,13,16,19,22,24H,4-5,7,10-12H2,1-3H3/t13-,16-,19+/m1/s1. The number of benzene rings is 1. The summed E-state index contributed by atoms with van der Waals surface area (Å²) in [5.74, 6) is 0.705. The van der Waals surface area contributed by atoms with Crippen LogP contribution in [-0.4, -0.2) is 28.4 Å². The highest BCUT2D eigenvalue weighted by molar-refractivity contribution is 6.35. The lowest BCUT2D eigenvalue weighted by Crippen LogP contribution is -2.42. The predicted molar refractivity (Wildman–Crippen MR) is 102 cm³/mol. The molecule has 0 aliphatic heterocycles. The van der Waals surface area contributed by atoms with Gasteiger partial charge in [0, 0.05) is 23.7 Å². The molecule has 1 saturated carbocycles. The molecule has 0 amide bonds. The van der Waals surface area contributed by atoms with Gasteiger partial charge >= 0.3 is 0 Å². The number of aliphatic hydroxyl groups excluding tert-OH is 1. The maximum absolute atomic E-state index is 10.6. The number of fused-ring (bicyclic) bond motifs is 1. The number of aryl methyl sites for hydroxylation is 1. The molecule has 1 aromatic carbocycles. The van der Waals surface area contributed by atoms with E-state index in [-0.39, 0.29) is 0 Å². The lowest BCUT2D eigenvalue weighted by atomic mass is 9.86. The molecule has 3 rings (SSSR count). The van der Waals surface area contributed by atoms with Crippen LogP contribution in [0.3, 0.4) is 0 Å². The summed E-state index contributed by atoms with van der Waals surface area (Å²) in [5, 5.41) is 16.1. The van der Waals surface area contributed by atoms with Crippen LogP contribution in [0.1, 0.15) is 43.9 Å². The first kappa shape index (κ1) is 17.8. The lowest BCUT2D eigenvalue weighted by molar-refractivity contribution is 0.139. The van der Waals surface area contributed by atoms with Gasteiger partial charge in [0.15, 0.2) is 0 Å². The van der Waals surface area contributed by atoms with Crippen molar-refractivity contribution in [2.45, 2.75) is 65.1 Å². The monoisotopic (exact) mass is 348 g/mol. The average molecular weight is 349 g/mol. The molecule has 1 fully saturated rings. The molecule has 1 heterocycles. The van der Waals surface area contributed by atoms with Gasteiger partial charge < -0.3 is 15.0 Å². The molecule has 0 saturated heterocycles. The second-order valence-corrected chi connectivity index (χ2v) is 7.79. The third-order valence-electron chi connectivity index (χ3n) is 5.73. The van der Waals surface area contributed by atoms with Gasteiger partial charge in [0.05, 0.1) is 23.2 Å². The summed E-state index contributed by atoms with van der Waals surface area (Å²) in [4.78, 5) is 0. The molecule has 0 bridgehead atoms. The number of hydrogen-bond acceptors (Lipinski definition) is 2. The minimum Gasteiger partial charge on any atom is -0.390 e. The van der Waals surface area contributed by atoms with Crippen molar-refractivity contribution in [2.75, 3.05) is 6.54 Å². The van der Waals surface area contributed by atoms with Gasteiger partial charge in [-0.25, -0.2) is 0 Å². The van der Waals surface area contributed by atoms with E-state index in [0.717, 1.165) is 10.5 Å². The van der Waals surface area contributed by atoms with Crippen molar-refractivity contribution in [2.24, 2.45) is 5.92 Å². The fourth-order valence-corrected chi connectivity index (χ4v) is 4.34. The van der Waals surface area contributed by atoms with E-state index >= 15 is 0 Å². The van der Waals surface area contributed by atoms with Gasteiger partial charge in [-0.2, -0.15) is 0 Å². The van der Waals surface area contributed by atoms with E-state index in [1.807, 2.05) is 12.1 Å². The second kappa shape index (κ2) is 7.47. The van der Waals surface area contributed by atoms with Crippen molar-refractivity contribution in [1.29, 1.82) is 0 Å². The van der Waals surface area contributed by atoms with E-state index < -0.39 is 6.10 Å². The molecule has 2 aromatic rings. The minimum absolute atomic E-state index is 0.413. The van der Waals surface area contributed by atoms with Crippen molar-refractivity contribution in [3.05, 3.63) is 34.5 Å². The quantitative estimate of drug-likeness (QED) is 0.838. The predicted octanol–water partition coefficient (Wildman–Crippen LogP) is 4.44. The van der Waals surface area contributed by atoms with Crippen LogP contribution in [0.2, 0.25) is 5.02 Å². The van der Waals surface area contributed by atoms with E-state index in [9.17, 15) is 5.11 Å². The lowest BCUT2D eigenvalue weighted by Gasteiger charge is -2.30. The molecule has 3 atom stereocenters. The number of nitrogens with zero attached hydrogens (tertiary/aromatic N) is 1. The second-order valence-electron chi connectivity index (χ2n) is 7.39. The zero-order chi connectivity index (χ0) is 17.3. The highest BCUT2D eigenvalue weighted by Gasteiger charge is 2.22. The third-order valence-corrected chi connectivity index (χ3v) is 6.03. The Balaban J connectivity index is 1.71. The van der Waals surface area contributed by atoms with Crippen molar-refractivity contribution in [1.82, 2.24) is 9.88 Å². The number of aromatic nitrogens is 1. The highest BCUT2D eigenvalue weighted by Crippen LogP contribution is 2.31. The van der Waals surface area contributed by atoms with Crippen LogP contribution < -0.4 is 5.32 Å². The first-order valence-corrected chi connectivity index (χ1v) is 9.52. The Morgan fingerprint density at radius 3 is 2.79 bits per heavy atom. The SMILES string of the molecule is Cc1c(C)n(C[C@H](O)CN[C@H]2CCCC[C@H]2C)c2c(Cl)cccc12. The molecule has 0 spiro atoms. The Kier molecular flexibility index (Phi) is 5.53. The zero-order valence-electron chi connectivity index (χ0n) is 15.0. The summed E-state index contributed by atoms with van der Waals surface area (Å²) in [7, 11) is 0. The van der Waals surface area contributed by atoms with Gasteiger partial charge in [-0.3, -0.25) is 0 Å². The van der Waals surface area contributed by atoms with E-state index in [0.29, 0.717) is 25.0 Å². The molecule has 0 radical (unpaired) electrons. The molecular formula is C20H29ClN2O. The van der Waals surface area contributed by atoms with Gasteiger partial charge in [-0.15, -0.1) is 0 Å². The smallest absolute Gasteiger partial charge is 0.0843 e. The van der Waals surface area contributed by atoms with E-state index in [2.05, 4.69) is 36.7 Å². The molecule has 1 aliphatic rings. The molecule has 0 unspecified atom stereocenters. The summed E-state index contributed by atoms with van der Waals surface area (Å²) in [5.41, 5.74) is 3.47. The number of halogens is 1. The summed E-state index contributed by atoms with van der Waals surface area (Å²) in [6.45, 7) is 7.76. The summed E-state index contributed by atoms with van der Waals surface area (Å²) in [6, 6.07) is 6.56. The van der Waals surface area contributed by atoms with Gasteiger partial charge in [0.25, 0.3) is 0 Å². The number of para-hydroxylation sites is 1. The third kappa shape index (κ3) is 3.49. The maximum Gasteiger partial charge on any atom is 0.0843 e. The van der Waals surface area contributed by atoms with E-state index in [4.69, 9.17) is 11.6 Å². The molecule has 3 nitrogen and oxygen atoms in total. The summed E-state index contributed by atoms with van der Waals surface area (Å²) in [6.07, 6.45) is 4.75. The number of nitrogens with one attached hydrogen (secondary N) is 1. The normalized spacial score (nSPS) is 22.9. The molecule has 1 aliphatic carbocycles. The van der Waals surface area contributed by atoms with Crippen LogP contribution >= 0.6 is 11.6 Å². The fraction of sp³-hybridized carbons (Fsp3) is 0.600. The highest BCUT2D eigenvalue weighted by atomic mass is 35.5. The van der Waals surface area contributed by atoms with Crippen molar-refractivity contribution < 1.29 is 5.11 Å². The van der Waals surface area contributed by atoms with Crippen LogP contribution in [0.15, 0.2) is 18.2 Å². The van der Waals surface area contributed by atoms with Gasteiger partial charge in [-0.1, -0.05) is 43.5 Å². The van der Waals surface area contributed by atoms with Crippen LogP contribution in [-0.2, 0) is 6.54 Å². The van der Waals surface area contributed by atoms with Crippen molar-refractivity contribution in [3.63, 3.8) is 0 Å². The zero-order valence-corrected chi connectivity index (χ0v) is 15.7. The van der Waals surface area contributed by atoms with Crippen molar-refractivity contribution >= 4 is 22.5 Å². The molecule has 1 aromatic heterocycles. The molecule has 4 heteroatoms. The summed E-state index contributed by atoms with van der Waals surface area (Å²) >= 11 is 6.43. The number of hydrogen-bond donors (Lipinski definition) is 2. The van der Waals surface area contributed by atoms with E-state index in [1.165, 1.54) is 42.3 Å². The van der Waals surface area contributed by atoms with Crippen LogP contribution in [0.5, 0.6) is 0 Å². The Bertz CT molecular complexity index is 709. The first-order chi connectivity index (χ1) is 11.5. The van der Waals surface area contributed by atoms with Crippen LogP contribution in [0.25, 0.3) is 10.9 Å². The maximum atomic E-state index is 10.6. The van der Waals surface area contributed by atoms with Gasteiger partial charge in [0.1, 0.15) is 0 Å². The van der Waals surface area contributed by atoms with Gasteiger partial charge in [0.2, 0.25) is 0 Å². The number of rotatable bonds is 5. The minimum atomic E-state index is -0.413. The molecular weight excluding hydrogens is 320 g/mol. The summed E-state index contributed by atoms with van der Waals surface area (Å²) < 4.78 is 2.17. The molecule has 24 heavy (non-hydrogen) atoms. The Morgan fingerprint density at radius 1 is 1.29 bits per heavy atom. The molecule has 2 N–H and O–H groups in total.